The fourth-order valence-electron chi connectivity index (χ4n) is 1.72. The summed E-state index contributed by atoms with van der Waals surface area (Å²) in [5, 5.41) is 13.2. The first kappa shape index (κ1) is 13.0. The number of para-hydroxylation sites is 1. The molecular formula is C13H22N2O. The minimum absolute atomic E-state index is 0.237. The van der Waals surface area contributed by atoms with Gasteiger partial charge in [-0.15, -0.1) is 0 Å². The number of nitrogens with one attached hydrogen (secondary N) is 1. The first-order valence-corrected chi connectivity index (χ1v) is 5.81. The second-order valence-electron chi connectivity index (χ2n) is 4.28. The van der Waals surface area contributed by atoms with Crippen LogP contribution in [-0.2, 0) is 0 Å². The van der Waals surface area contributed by atoms with Crippen LogP contribution < -0.4 is 5.32 Å². The Labute approximate surface area is 98.1 Å². The third-order valence-corrected chi connectivity index (χ3v) is 2.67. The van der Waals surface area contributed by atoms with E-state index in [9.17, 15) is 5.11 Å². The van der Waals surface area contributed by atoms with Gasteiger partial charge in [-0.1, -0.05) is 25.1 Å². The maximum absolute atomic E-state index is 9.77. The molecular weight excluding hydrogens is 200 g/mol. The number of phenolic OH excluding ortho intramolecular Hbond substituents is 1. The zero-order valence-electron chi connectivity index (χ0n) is 10.4. The van der Waals surface area contributed by atoms with Crippen LogP contribution in [0.1, 0.15) is 24.9 Å². The molecule has 0 fully saturated rings. The lowest BCUT2D eigenvalue weighted by Crippen LogP contribution is -2.29. The van der Waals surface area contributed by atoms with Crippen molar-refractivity contribution in [3.05, 3.63) is 29.8 Å². The van der Waals surface area contributed by atoms with Crippen LogP contribution in [0.4, 0.5) is 0 Å². The molecule has 0 bridgehead atoms. The monoisotopic (exact) mass is 222 g/mol. The molecule has 0 aliphatic rings. The van der Waals surface area contributed by atoms with Crippen molar-refractivity contribution in [2.45, 2.75) is 19.4 Å². The summed E-state index contributed by atoms with van der Waals surface area (Å²) in [5.74, 6) is 0.381. The summed E-state index contributed by atoms with van der Waals surface area (Å²) in [5.41, 5.74) is 0.990. The molecule has 3 nitrogen and oxygen atoms in total. The van der Waals surface area contributed by atoms with Crippen molar-refractivity contribution in [3.8, 4) is 5.75 Å². The quantitative estimate of drug-likeness (QED) is 0.772. The van der Waals surface area contributed by atoms with E-state index in [4.69, 9.17) is 0 Å². The Morgan fingerprint density at radius 1 is 1.31 bits per heavy atom. The van der Waals surface area contributed by atoms with Crippen molar-refractivity contribution >= 4 is 0 Å². The standard InChI is InChI=1S/C13H22N2O/c1-4-12(14-9-10-15(2)3)11-7-5-6-8-13(11)16/h5-8,12,14,16H,4,9-10H2,1-3H3. The first-order valence-electron chi connectivity index (χ1n) is 5.81. The summed E-state index contributed by atoms with van der Waals surface area (Å²) in [6.45, 7) is 4.06. The summed E-state index contributed by atoms with van der Waals surface area (Å²) in [6, 6.07) is 7.77. The highest BCUT2D eigenvalue weighted by molar-refractivity contribution is 5.34. The summed E-state index contributed by atoms with van der Waals surface area (Å²) < 4.78 is 0. The van der Waals surface area contributed by atoms with Crippen molar-refractivity contribution in [2.24, 2.45) is 0 Å². The van der Waals surface area contributed by atoms with Crippen LogP contribution in [0.25, 0.3) is 0 Å². The van der Waals surface area contributed by atoms with E-state index in [1.165, 1.54) is 0 Å². The van der Waals surface area contributed by atoms with E-state index in [2.05, 4.69) is 31.2 Å². The van der Waals surface area contributed by atoms with Crippen LogP contribution in [0, 0.1) is 0 Å². The predicted molar refractivity (Wildman–Crippen MR) is 67.7 cm³/mol. The molecule has 16 heavy (non-hydrogen) atoms. The van der Waals surface area contributed by atoms with Gasteiger partial charge >= 0.3 is 0 Å². The Morgan fingerprint density at radius 3 is 2.56 bits per heavy atom. The molecule has 2 N–H and O–H groups in total. The molecule has 0 amide bonds. The number of phenols is 1. The molecule has 0 aliphatic carbocycles. The number of aromatic hydroxyl groups is 1. The molecule has 0 aromatic heterocycles. The summed E-state index contributed by atoms with van der Waals surface area (Å²) in [4.78, 5) is 2.14. The minimum Gasteiger partial charge on any atom is -0.508 e. The predicted octanol–water partition coefficient (Wildman–Crippen LogP) is 1.99. The van der Waals surface area contributed by atoms with Gasteiger partial charge in [-0.2, -0.15) is 0 Å². The third kappa shape index (κ3) is 3.83. The largest absolute Gasteiger partial charge is 0.508 e. The molecule has 1 atom stereocenters. The zero-order valence-corrected chi connectivity index (χ0v) is 10.4. The smallest absolute Gasteiger partial charge is 0.120 e. The van der Waals surface area contributed by atoms with Gasteiger partial charge in [0.1, 0.15) is 5.75 Å². The molecule has 0 saturated carbocycles. The first-order chi connectivity index (χ1) is 7.65. The van der Waals surface area contributed by atoms with Gasteiger partial charge in [-0.25, -0.2) is 0 Å². The van der Waals surface area contributed by atoms with Gasteiger partial charge in [0, 0.05) is 24.7 Å². The van der Waals surface area contributed by atoms with E-state index in [-0.39, 0.29) is 6.04 Å². The van der Waals surface area contributed by atoms with Gasteiger partial charge < -0.3 is 15.3 Å². The van der Waals surface area contributed by atoms with Crippen molar-refractivity contribution in [1.82, 2.24) is 10.2 Å². The summed E-state index contributed by atoms with van der Waals surface area (Å²) >= 11 is 0. The van der Waals surface area contributed by atoms with Gasteiger partial charge in [0.25, 0.3) is 0 Å². The molecule has 3 heteroatoms. The average molecular weight is 222 g/mol. The number of rotatable bonds is 6. The van der Waals surface area contributed by atoms with Gasteiger partial charge in [0.2, 0.25) is 0 Å². The van der Waals surface area contributed by atoms with Crippen molar-refractivity contribution in [1.29, 1.82) is 0 Å². The van der Waals surface area contributed by atoms with Crippen molar-refractivity contribution in [2.75, 3.05) is 27.2 Å². The Hall–Kier alpha value is -1.06. The maximum Gasteiger partial charge on any atom is 0.120 e. The minimum atomic E-state index is 0.237. The Bertz CT molecular complexity index is 313. The van der Waals surface area contributed by atoms with E-state index in [1.807, 2.05) is 18.2 Å². The highest BCUT2D eigenvalue weighted by Crippen LogP contribution is 2.25. The van der Waals surface area contributed by atoms with Crippen LogP contribution in [0.15, 0.2) is 24.3 Å². The molecule has 1 aromatic carbocycles. The normalized spacial score (nSPS) is 13.0. The number of hydrogen-bond acceptors (Lipinski definition) is 3. The second-order valence-corrected chi connectivity index (χ2v) is 4.28. The second kappa shape index (κ2) is 6.51. The Balaban J connectivity index is 2.57. The van der Waals surface area contributed by atoms with Gasteiger partial charge in [-0.05, 0) is 26.6 Å². The van der Waals surface area contributed by atoms with Gasteiger partial charge in [0.15, 0.2) is 0 Å². The Morgan fingerprint density at radius 2 is 2.00 bits per heavy atom. The van der Waals surface area contributed by atoms with E-state index >= 15 is 0 Å². The average Bonchev–Trinajstić information content (AvgIpc) is 2.25. The number of hydrogen-bond donors (Lipinski definition) is 2. The van der Waals surface area contributed by atoms with E-state index in [1.54, 1.807) is 6.07 Å². The van der Waals surface area contributed by atoms with Crippen LogP contribution >= 0.6 is 0 Å². The van der Waals surface area contributed by atoms with Crippen molar-refractivity contribution in [3.63, 3.8) is 0 Å². The zero-order chi connectivity index (χ0) is 12.0. The highest BCUT2D eigenvalue weighted by Gasteiger charge is 2.11. The van der Waals surface area contributed by atoms with Gasteiger partial charge in [-0.3, -0.25) is 0 Å². The van der Waals surface area contributed by atoms with Crippen LogP contribution in [0.5, 0.6) is 5.75 Å². The molecule has 0 radical (unpaired) electrons. The number of nitrogens with zero attached hydrogens (tertiary/aromatic N) is 1. The molecule has 1 unspecified atom stereocenters. The Kier molecular flexibility index (Phi) is 5.29. The van der Waals surface area contributed by atoms with E-state index in [0.29, 0.717) is 5.75 Å². The fourth-order valence-corrected chi connectivity index (χ4v) is 1.72. The molecule has 0 heterocycles. The SMILES string of the molecule is CCC(NCCN(C)C)c1ccccc1O. The lowest BCUT2D eigenvalue weighted by molar-refractivity contribution is 0.377. The lowest BCUT2D eigenvalue weighted by atomic mass is 10.0. The summed E-state index contributed by atoms with van der Waals surface area (Å²) in [6.07, 6.45) is 0.977. The number of benzene rings is 1. The molecule has 1 rings (SSSR count). The molecule has 0 spiro atoms. The number of likely N-dealkylation sites (N-methyl/N-ethyl adjacent to an activating group) is 1. The van der Waals surface area contributed by atoms with E-state index in [0.717, 1.165) is 25.1 Å². The van der Waals surface area contributed by atoms with Crippen molar-refractivity contribution < 1.29 is 5.11 Å². The molecule has 0 saturated heterocycles. The van der Waals surface area contributed by atoms with E-state index < -0.39 is 0 Å². The molecule has 1 aromatic rings. The lowest BCUT2D eigenvalue weighted by Gasteiger charge is -2.19. The third-order valence-electron chi connectivity index (χ3n) is 2.67. The molecule has 0 aliphatic heterocycles. The fraction of sp³-hybridized carbons (Fsp3) is 0.538. The highest BCUT2D eigenvalue weighted by atomic mass is 16.3. The van der Waals surface area contributed by atoms with Crippen LogP contribution in [0.2, 0.25) is 0 Å². The van der Waals surface area contributed by atoms with Crippen LogP contribution in [0.3, 0.4) is 0 Å². The molecule has 90 valence electrons. The van der Waals surface area contributed by atoms with Crippen LogP contribution in [-0.4, -0.2) is 37.2 Å². The van der Waals surface area contributed by atoms with Gasteiger partial charge in [0.05, 0.1) is 0 Å². The maximum atomic E-state index is 9.77. The summed E-state index contributed by atoms with van der Waals surface area (Å²) in [7, 11) is 4.12. The topological polar surface area (TPSA) is 35.5 Å².